The number of carbonyl (C=O) groups is 2. The molecule has 31 heavy (non-hydrogen) atoms. The third-order valence-corrected chi connectivity index (χ3v) is 6.86. The highest BCUT2D eigenvalue weighted by Crippen LogP contribution is 2.30. The minimum absolute atomic E-state index is 0.0550. The fourth-order valence-electron chi connectivity index (χ4n) is 4.97. The Hall–Kier alpha value is -2.44. The number of unbranched alkanes of at least 4 members (excludes halogenated alkanes) is 1. The summed E-state index contributed by atoms with van der Waals surface area (Å²) in [6.45, 7) is 2.29. The Balaban J connectivity index is 1.11. The molecule has 1 aliphatic carbocycles. The maximum absolute atomic E-state index is 13.6. The zero-order chi connectivity index (χ0) is 21.6. The number of carbonyl (C=O) groups excluding carboxylic acids is 2. The number of fused-ring (bicyclic) bond motifs is 1. The van der Waals surface area contributed by atoms with E-state index in [0.717, 1.165) is 63.7 Å². The molecule has 2 aliphatic rings. The molecule has 1 saturated heterocycles. The first-order chi connectivity index (χ1) is 15.1. The molecule has 168 valence electrons. The quantitative estimate of drug-likeness (QED) is 0.678. The first-order valence-corrected chi connectivity index (χ1v) is 11.7. The van der Waals surface area contributed by atoms with E-state index in [0.29, 0.717) is 30.9 Å². The number of halogens is 1. The summed E-state index contributed by atoms with van der Waals surface area (Å²) in [6, 6.07) is 3.64. The van der Waals surface area contributed by atoms with Gasteiger partial charge in [0.1, 0.15) is 11.8 Å². The summed E-state index contributed by atoms with van der Waals surface area (Å²) >= 11 is 0. The maximum atomic E-state index is 13.6. The average molecular weight is 429 g/mol. The second-order valence-electron chi connectivity index (χ2n) is 9.09. The summed E-state index contributed by atoms with van der Waals surface area (Å²) in [7, 11) is 0. The summed E-state index contributed by atoms with van der Waals surface area (Å²) in [5.74, 6) is 0.667. The number of amides is 2. The van der Waals surface area contributed by atoms with Crippen LogP contribution < -0.4 is 5.32 Å². The molecule has 2 unspecified atom stereocenters. The fraction of sp³-hybridized carbons (Fsp3) is 0.625. The summed E-state index contributed by atoms with van der Waals surface area (Å²) in [5, 5.41) is 3.00. The van der Waals surface area contributed by atoms with Gasteiger partial charge in [-0.3, -0.25) is 9.59 Å². The average Bonchev–Trinajstić information content (AvgIpc) is 3.26. The number of hydrogen-bond donors (Lipinski definition) is 1. The molecule has 2 fully saturated rings. The first-order valence-electron chi connectivity index (χ1n) is 11.7. The predicted molar refractivity (Wildman–Crippen MR) is 118 cm³/mol. The summed E-state index contributed by atoms with van der Waals surface area (Å²) in [6.07, 6.45) is 12.5. The van der Waals surface area contributed by atoms with Gasteiger partial charge in [-0.25, -0.2) is 9.37 Å². The molecule has 2 aromatic rings. The Morgan fingerprint density at radius 1 is 1.13 bits per heavy atom. The molecule has 4 rings (SSSR count). The Morgan fingerprint density at radius 3 is 2.77 bits per heavy atom. The molecular formula is C24H33FN4O2. The van der Waals surface area contributed by atoms with Crippen LogP contribution in [0.4, 0.5) is 4.39 Å². The van der Waals surface area contributed by atoms with Crippen LogP contribution >= 0.6 is 0 Å². The van der Waals surface area contributed by atoms with Gasteiger partial charge in [0, 0.05) is 44.1 Å². The molecule has 0 aromatic carbocycles. The van der Waals surface area contributed by atoms with Gasteiger partial charge in [0.15, 0.2) is 0 Å². The molecule has 3 heterocycles. The SMILES string of the molecule is O=C(NCCCCC1CCN(C(=O)C2CCCC(F)C2)CC1)c1ccc2nccn2c1. The molecule has 0 spiro atoms. The van der Waals surface area contributed by atoms with Crippen molar-refractivity contribution in [3.8, 4) is 0 Å². The van der Waals surface area contributed by atoms with Crippen LogP contribution in [0.25, 0.3) is 5.65 Å². The lowest BCUT2D eigenvalue weighted by Gasteiger charge is -2.35. The minimum Gasteiger partial charge on any atom is -0.352 e. The molecule has 1 N–H and O–H groups in total. The number of nitrogens with one attached hydrogen (secondary N) is 1. The van der Waals surface area contributed by atoms with Gasteiger partial charge in [0.2, 0.25) is 5.91 Å². The van der Waals surface area contributed by atoms with E-state index in [1.54, 1.807) is 18.5 Å². The number of nitrogens with zero attached hydrogens (tertiary/aromatic N) is 3. The number of likely N-dealkylation sites (tertiary alicyclic amines) is 1. The molecule has 7 heteroatoms. The normalized spacial score (nSPS) is 22.5. The van der Waals surface area contributed by atoms with E-state index in [9.17, 15) is 14.0 Å². The predicted octanol–water partition coefficient (Wildman–Crippen LogP) is 4.00. The zero-order valence-electron chi connectivity index (χ0n) is 18.1. The van der Waals surface area contributed by atoms with Crippen molar-refractivity contribution in [2.45, 2.75) is 64.0 Å². The number of aromatic nitrogens is 2. The highest BCUT2D eigenvalue weighted by molar-refractivity contribution is 5.94. The van der Waals surface area contributed by atoms with Crippen molar-refractivity contribution in [3.05, 3.63) is 36.3 Å². The first kappa shape index (κ1) is 21.8. The number of imidazole rings is 1. The lowest BCUT2D eigenvalue weighted by Crippen LogP contribution is -2.43. The third-order valence-electron chi connectivity index (χ3n) is 6.86. The number of alkyl halides is 1. The monoisotopic (exact) mass is 428 g/mol. The Morgan fingerprint density at radius 2 is 1.97 bits per heavy atom. The van der Waals surface area contributed by atoms with Crippen LogP contribution in [0, 0.1) is 11.8 Å². The van der Waals surface area contributed by atoms with E-state index in [1.807, 2.05) is 21.6 Å². The number of piperidine rings is 1. The largest absolute Gasteiger partial charge is 0.352 e. The highest BCUT2D eigenvalue weighted by atomic mass is 19.1. The number of pyridine rings is 1. The molecule has 2 amide bonds. The van der Waals surface area contributed by atoms with Gasteiger partial charge in [-0.05, 0) is 63.0 Å². The van der Waals surface area contributed by atoms with E-state index in [2.05, 4.69) is 10.3 Å². The number of rotatable bonds is 7. The van der Waals surface area contributed by atoms with E-state index >= 15 is 0 Å². The number of hydrogen-bond acceptors (Lipinski definition) is 3. The van der Waals surface area contributed by atoms with Crippen LogP contribution in [0.3, 0.4) is 0 Å². The standard InChI is InChI=1S/C24H33FN4O2/c25-21-6-3-5-19(16-21)24(31)28-13-9-18(10-14-28)4-1-2-11-27-23(30)20-7-8-22-26-12-15-29(22)17-20/h7-8,12,15,17-19,21H,1-6,9-11,13-14,16H2,(H,27,30). The Bertz CT molecular complexity index is 891. The molecule has 1 saturated carbocycles. The van der Waals surface area contributed by atoms with Crippen molar-refractivity contribution in [3.63, 3.8) is 0 Å². The minimum atomic E-state index is -0.797. The van der Waals surface area contributed by atoms with Crippen molar-refractivity contribution in [2.75, 3.05) is 19.6 Å². The second-order valence-corrected chi connectivity index (χ2v) is 9.09. The fourth-order valence-corrected chi connectivity index (χ4v) is 4.97. The molecule has 0 bridgehead atoms. The zero-order valence-corrected chi connectivity index (χ0v) is 18.1. The maximum Gasteiger partial charge on any atom is 0.252 e. The molecule has 2 aromatic heterocycles. The van der Waals surface area contributed by atoms with E-state index in [1.165, 1.54) is 0 Å². The summed E-state index contributed by atoms with van der Waals surface area (Å²) in [5.41, 5.74) is 1.47. The molecule has 2 atom stereocenters. The van der Waals surface area contributed by atoms with Gasteiger partial charge < -0.3 is 14.6 Å². The van der Waals surface area contributed by atoms with Crippen LogP contribution in [0.5, 0.6) is 0 Å². The summed E-state index contributed by atoms with van der Waals surface area (Å²) < 4.78 is 15.5. The van der Waals surface area contributed by atoms with E-state index in [4.69, 9.17) is 0 Å². The molecule has 6 nitrogen and oxygen atoms in total. The Labute approximate surface area is 183 Å². The van der Waals surface area contributed by atoms with Crippen LogP contribution in [0.1, 0.15) is 68.1 Å². The second kappa shape index (κ2) is 10.2. The smallest absolute Gasteiger partial charge is 0.252 e. The van der Waals surface area contributed by atoms with Crippen molar-refractivity contribution in [1.82, 2.24) is 19.6 Å². The Kier molecular flexibility index (Phi) is 7.20. The van der Waals surface area contributed by atoms with Gasteiger partial charge >= 0.3 is 0 Å². The van der Waals surface area contributed by atoms with Crippen LogP contribution in [-0.4, -0.2) is 51.9 Å². The van der Waals surface area contributed by atoms with Crippen LogP contribution in [-0.2, 0) is 4.79 Å². The van der Waals surface area contributed by atoms with E-state index < -0.39 is 6.17 Å². The van der Waals surface area contributed by atoms with Crippen LogP contribution in [0.15, 0.2) is 30.7 Å². The van der Waals surface area contributed by atoms with Gasteiger partial charge in [-0.15, -0.1) is 0 Å². The third kappa shape index (κ3) is 5.63. The highest BCUT2D eigenvalue weighted by Gasteiger charge is 2.32. The van der Waals surface area contributed by atoms with E-state index in [-0.39, 0.29) is 17.7 Å². The lowest BCUT2D eigenvalue weighted by molar-refractivity contribution is -0.138. The van der Waals surface area contributed by atoms with Crippen molar-refractivity contribution in [1.29, 1.82) is 0 Å². The van der Waals surface area contributed by atoms with Crippen molar-refractivity contribution in [2.24, 2.45) is 11.8 Å². The van der Waals surface area contributed by atoms with Gasteiger partial charge in [-0.1, -0.05) is 12.8 Å². The van der Waals surface area contributed by atoms with Crippen molar-refractivity contribution >= 4 is 17.5 Å². The topological polar surface area (TPSA) is 66.7 Å². The van der Waals surface area contributed by atoms with Crippen molar-refractivity contribution < 1.29 is 14.0 Å². The summed E-state index contributed by atoms with van der Waals surface area (Å²) in [4.78, 5) is 31.1. The molecule has 1 aliphatic heterocycles. The molecular weight excluding hydrogens is 395 g/mol. The van der Waals surface area contributed by atoms with Crippen LogP contribution in [0.2, 0.25) is 0 Å². The van der Waals surface area contributed by atoms with Gasteiger partial charge in [-0.2, -0.15) is 0 Å². The van der Waals surface area contributed by atoms with Gasteiger partial charge in [0.05, 0.1) is 5.56 Å². The van der Waals surface area contributed by atoms with Gasteiger partial charge in [0.25, 0.3) is 5.91 Å². The lowest BCUT2D eigenvalue weighted by atomic mass is 9.85. The molecule has 0 radical (unpaired) electrons.